The van der Waals surface area contributed by atoms with E-state index in [0.717, 1.165) is 42.0 Å². The van der Waals surface area contributed by atoms with Gasteiger partial charge in [0.15, 0.2) is 0 Å². The molecule has 1 saturated heterocycles. The van der Waals surface area contributed by atoms with Gasteiger partial charge in [-0.1, -0.05) is 36.4 Å². The molecule has 0 unspecified atom stereocenters. The third-order valence-electron chi connectivity index (χ3n) is 6.87. The highest BCUT2D eigenvalue weighted by Gasteiger charge is 2.22. The molecule has 5 rings (SSSR count). The van der Waals surface area contributed by atoms with Gasteiger partial charge in [-0.15, -0.1) is 0 Å². The van der Waals surface area contributed by atoms with E-state index in [4.69, 9.17) is 5.73 Å². The summed E-state index contributed by atoms with van der Waals surface area (Å²) in [5.41, 5.74) is 11.1. The second kappa shape index (κ2) is 11.9. The van der Waals surface area contributed by atoms with Gasteiger partial charge in [-0.25, -0.2) is 4.39 Å². The summed E-state index contributed by atoms with van der Waals surface area (Å²) in [6, 6.07) is 24.8. The zero-order chi connectivity index (χ0) is 27.2. The summed E-state index contributed by atoms with van der Waals surface area (Å²) in [5, 5.41) is 2.91. The highest BCUT2D eigenvalue weighted by atomic mass is 19.1. The maximum Gasteiger partial charge on any atom is 0.255 e. The van der Waals surface area contributed by atoms with Crippen molar-refractivity contribution in [3.63, 3.8) is 0 Å². The number of hydrogen-bond donors (Lipinski definition) is 2. The van der Waals surface area contributed by atoms with Gasteiger partial charge in [0, 0.05) is 62.3 Å². The number of nitrogens with one attached hydrogen (secondary N) is 1. The minimum Gasteiger partial charge on any atom is -0.399 e. The molecule has 8 heteroatoms. The van der Waals surface area contributed by atoms with Crippen LogP contribution < -0.4 is 11.1 Å². The van der Waals surface area contributed by atoms with Crippen LogP contribution in [0.5, 0.6) is 0 Å². The molecular weight excluding hydrogens is 493 g/mol. The van der Waals surface area contributed by atoms with Gasteiger partial charge < -0.3 is 16.0 Å². The van der Waals surface area contributed by atoms with E-state index in [1.54, 1.807) is 48.7 Å². The van der Waals surface area contributed by atoms with Crippen molar-refractivity contribution in [1.82, 2.24) is 20.1 Å². The summed E-state index contributed by atoms with van der Waals surface area (Å²) in [4.78, 5) is 34.1. The predicted molar refractivity (Wildman–Crippen MR) is 149 cm³/mol. The van der Waals surface area contributed by atoms with Crippen molar-refractivity contribution in [2.24, 2.45) is 0 Å². The average Bonchev–Trinajstić information content (AvgIpc) is 2.98. The normalized spacial score (nSPS) is 13.7. The maximum atomic E-state index is 13.1. The Hall–Kier alpha value is -4.56. The monoisotopic (exact) mass is 523 g/mol. The fraction of sp³-hybridized carbons (Fsp3) is 0.194. The Balaban J connectivity index is 1.13. The first-order valence-electron chi connectivity index (χ1n) is 12.9. The van der Waals surface area contributed by atoms with Crippen molar-refractivity contribution in [3.8, 4) is 11.3 Å². The number of nitrogens with zero attached hydrogens (tertiary/aromatic N) is 3. The van der Waals surface area contributed by atoms with Crippen LogP contribution in [0, 0.1) is 5.82 Å². The molecule has 2 amide bonds. The second-order valence-electron chi connectivity index (χ2n) is 9.63. The van der Waals surface area contributed by atoms with E-state index in [9.17, 15) is 14.0 Å². The van der Waals surface area contributed by atoms with Gasteiger partial charge in [0.25, 0.3) is 11.8 Å². The summed E-state index contributed by atoms with van der Waals surface area (Å²) in [7, 11) is 0. The van der Waals surface area contributed by atoms with Gasteiger partial charge in [-0.05, 0) is 59.7 Å². The fourth-order valence-corrected chi connectivity index (χ4v) is 4.54. The van der Waals surface area contributed by atoms with E-state index >= 15 is 0 Å². The number of anilines is 1. The van der Waals surface area contributed by atoms with Gasteiger partial charge >= 0.3 is 0 Å². The van der Waals surface area contributed by atoms with Gasteiger partial charge in [0.1, 0.15) is 5.82 Å². The number of amides is 2. The molecule has 0 radical (unpaired) electrons. The Morgan fingerprint density at radius 3 is 2.08 bits per heavy atom. The summed E-state index contributed by atoms with van der Waals surface area (Å²) < 4.78 is 13.1. The molecule has 7 nitrogen and oxygen atoms in total. The van der Waals surface area contributed by atoms with Crippen molar-refractivity contribution in [1.29, 1.82) is 0 Å². The number of carbonyl (C=O) groups excluding carboxylic acids is 2. The lowest BCUT2D eigenvalue weighted by Crippen LogP contribution is -2.48. The minimum absolute atomic E-state index is 0.0383. The number of halogens is 1. The predicted octanol–water partition coefficient (Wildman–Crippen LogP) is 4.36. The van der Waals surface area contributed by atoms with Crippen LogP contribution in [-0.4, -0.2) is 52.8 Å². The Labute approximate surface area is 227 Å². The third kappa shape index (κ3) is 6.66. The summed E-state index contributed by atoms with van der Waals surface area (Å²) in [5.74, 6) is -0.437. The van der Waals surface area contributed by atoms with Crippen molar-refractivity contribution >= 4 is 17.5 Å². The van der Waals surface area contributed by atoms with Crippen LogP contribution in [0.2, 0.25) is 0 Å². The molecule has 0 aliphatic carbocycles. The Morgan fingerprint density at radius 2 is 1.44 bits per heavy atom. The number of nitrogen functional groups attached to an aromatic ring is 1. The number of nitrogens with two attached hydrogens (primary N) is 1. The smallest absolute Gasteiger partial charge is 0.255 e. The summed E-state index contributed by atoms with van der Waals surface area (Å²) in [6.45, 7) is 3.93. The van der Waals surface area contributed by atoms with E-state index in [1.165, 1.54) is 12.1 Å². The molecule has 0 saturated carbocycles. The number of piperazine rings is 1. The number of hydrogen-bond acceptors (Lipinski definition) is 5. The fourth-order valence-electron chi connectivity index (χ4n) is 4.54. The molecular formula is C31H30FN5O2. The van der Waals surface area contributed by atoms with Crippen LogP contribution in [0.25, 0.3) is 11.3 Å². The summed E-state index contributed by atoms with van der Waals surface area (Å²) >= 11 is 0. The number of rotatable bonds is 7. The molecule has 0 atom stereocenters. The maximum absolute atomic E-state index is 13.1. The molecule has 198 valence electrons. The molecule has 0 bridgehead atoms. The van der Waals surface area contributed by atoms with Crippen LogP contribution >= 0.6 is 0 Å². The Morgan fingerprint density at radius 1 is 0.795 bits per heavy atom. The van der Waals surface area contributed by atoms with Crippen LogP contribution in [0.1, 0.15) is 31.8 Å². The number of carbonyl (C=O) groups is 2. The van der Waals surface area contributed by atoms with E-state index in [0.29, 0.717) is 36.4 Å². The zero-order valence-electron chi connectivity index (χ0n) is 21.5. The minimum atomic E-state index is -0.236. The van der Waals surface area contributed by atoms with Gasteiger partial charge in [-0.3, -0.25) is 19.5 Å². The molecule has 0 spiro atoms. The number of benzene rings is 3. The topological polar surface area (TPSA) is 91.6 Å². The van der Waals surface area contributed by atoms with Crippen LogP contribution in [0.4, 0.5) is 10.1 Å². The van der Waals surface area contributed by atoms with Crippen LogP contribution in [0.3, 0.4) is 0 Å². The molecule has 39 heavy (non-hydrogen) atoms. The molecule has 4 aromatic rings. The SMILES string of the molecule is Nc1ccc(CNC(=O)c2ccc(-c3ccc(C(=O)N4CCN(Cc5ccc(F)cc5)CC4)cn3)cc2)cc1. The first-order valence-corrected chi connectivity index (χ1v) is 12.9. The summed E-state index contributed by atoms with van der Waals surface area (Å²) in [6.07, 6.45) is 1.61. The molecule has 3 aromatic carbocycles. The number of pyridine rings is 1. The molecule has 3 N–H and O–H groups in total. The van der Waals surface area contributed by atoms with Crippen LogP contribution in [0.15, 0.2) is 91.1 Å². The lowest BCUT2D eigenvalue weighted by atomic mass is 10.1. The largest absolute Gasteiger partial charge is 0.399 e. The van der Waals surface area contributed by atoms with Crippen molar-refractivity contribution in [2.45, 2.75) is 13.1 Å². The van der Waals surface area contributed by atoms with Crippen molar-refractivity contribution < 1.29 is 14.0 Å². The Bertz CT molecular complexity index is 1410. The second-order valence-corrected chi connectivity index (χ2v) is 9.63. The van der Waals surface area contributed by atoms with E-state index in [1.807, 2.05) is 35.2 Å². The first kappa shape index (κ1) is 26.1. The molecule has 2 heterocycles. The third-order valence-corrected chi connectivity index (χ3v) is 6.87. The standard InChI is InChI=1S/C31H30FN5O2/c32-27-10-1-23(2-11-27)21-36-15-17-37(18-16-36)31(39)26-9-14-29(34-20-26)24-5-7-25(8-6-24)30(38)35-19-22-3-12-28(33)13-4-22/h1-14,20H,15-19,21,33H2,(H,35,38). The molecule has 1 aromatic heterocycles. The highest BCUT2D eigenvalue weighted by molar-refractivity contribution is 5.95. The molecule has 1 aliphatic heterocycles. The average molecular weight is 524 g/mol. The van der Waals surface area contributed by atoms with Crippen molar-refractivity contribution in [2.75, 3.05) is 31.9 Å². The van der Waals surface area contributed by atoms with Crippen LogP contribution in [-0.2, 0) is 13.1 Å². The van der Waals surface area contributed by atoms with Crippen molar-refractivity contribution in [3.05, 3.63) is 119 Å². The first-order chi connectivity index (χ1) is 18.9. The number of aromatic nitrogens is 1. The lowest BCUT2D eigenvalue weighted by Gasteiger charge is -2.34. The zero-order valence-corrected chi connectivity index (χ0v) is 21.5. The van der Waals surface area contributed by atoms with E-state index in [2.05, 4.69) is 15.2 Å². The van der Waals surface area contributed by atoms with Gasteiger partial charge in [0.2, 0.25) is 0 Å². The van der Waals surface area contributed by atoms with E-state index in [-0.39, 0.29) is 17.6 Å². The molecule has 1 fully saturated rings. The Kier molecular flexibility index (Phi) is 7.94. The van der Waals surface area contributed by atoms with Gasteiger partial charge in [0.05, 0.1) is 11.3 Å². The van der Waals surface area contributed by atoms with E-state index < -0.39 is 0 Å². The molecule has 1 aliphatic rings. The quantitative estimate of drug-likeness (QED) is 0.351. The lowest BCUT2D eigenvalue weighted by molar-refractivity contribution is 0.0628. The van der Waals surface area contributed by atoms with Gasteiger partial charge in [-0.2, -0.15) is 0 Å². The highest BCUT2D eigenvalue weighted by Crippen LogP contribution is 2.19.